The number of halogens is 2. The zero-order valence-electron chi connectivity index (χ0n) is 11.9. The molecule has 5 nitrogen and oxygen atoms in total. The number of nitrogen functional groups attached to an aromatic ring is 1. The molecule has 0 aromatic heterocycles. The van der Waals surface area contributed by atoms with Crippen LogP contribution in [0.2, 0.25) is 0 Å². The van der Waals surface area contributed by atoms with Gasteiger partial charge in [0.15, 0.2) is 0 Å². The van der Waals surface area contributed by atoms with Gasteiger partial charge in [-0.2, -0.15) is 0 Å². The Morgan fingerprint density at radius 3 is 2.45 bits per heavy atom. The summed E-state index contributed by atoms with van der Waals surface area (Å²) in [5.74, 6) is -0.846. The van der Waals surface area contributed by atoms with Crippen molar-refractivity contribution < 1.29 is 12.8 Å². The minimum atomic E-state index is -3.95. The minimum absolute atomic E-state index is 0.151. The van der Waals surface area contributed by atoms with Gasteiger partial charge >= 0.3 is 0 Å². The van der Waals surface area contributed by atoms with E-state index in [2.05, 4.69) is 20.7 Å². The van der Waals surface area contributed by atoms with Gasteiger partial charge in [-0.15, -0.1) is 0 Å². The molecule has 0 saturated carbocycles. The van der Waals surface area contributed by atoms with Gasteiger partial charge in [-0.3, -0.25) is 0 Å². The smallest absolute Gasteiger partial charge is 0.243 e. The van der Waals surface area contributed by atoms with Gasteiger partial charge in [0, 0.05) is 22.2 Å². The van der Waals surface area contributed by atoms with E-state index < -0.39 is 26.3 Å². The van der Waals surface area contributed by atoms with E-state index >= 15 is 0 Å². The Hall–Kier alpha value is -0.700. The molecule has 1 aromatic carbocycles. The van der Waals surface area contributed by atoms with E-state index in [1.807, 2.05) is 32.8 Å². The van der Waals surface area contributed by atoms with Crippen molar-refractivity contribution in [2.24, 2.45) is 0 Å². The first-order chi connectivity index (χ1) is 8.97. The number of rotatable bonds is 5. The van der Waals surface area contributed by atoms with E-state index in [4.69, 9.17) is 5.73 Å². The molecule has 0 atom stereocenters. The zero-order chi connectivity index (χ0) is 15.7. The van der Waals surface area contributed by atoms with Crippen molar-refractivity contribution in [2.75, 3.05) is 26.4 Å². The lowest BCUT2D eigenvalue weighted by Gasteiger charge is -2.32. The molecule has 114 valence electrons. The number of likely N-dealkylation sites (N-methyl/N-ethyl adjacent to an activating group) is 1. The van der Waals surface area contributed by atoms with Crippen LogP contribution in [-0.4, -0.2) is 39.5 Å². The lowest BCUT2D eigenvalue weighted by Crippen LogP contribution is -2.48. The molecule has 1 aromatic rings. The minimum Gasteiger partial charge on any atom is -0.398 e. The molecule has 0 fully saturated rings. The van der Waals surface area contributed by atoms with Crippen LogP contribution in [0.25, 0.3) is 0 Å². The first kappa shape index (κ1) is 17.4. The maximum Gasteiger partial charge on any atom is 0.243 e. The molecular weight excluding hydrogens is 349 g/mol. The van der Waals surface area contributed by atoms with E-state index in [0.717, 1.165) is 12.1 Å². The Morgan fingerprint density at radius 2 is 1.95 bits per heavy atom. The molecule has 0 radical (unpaired) electrons. The highest BCUT2D eigenvalue weighted by atomic mass is 79.9. The predicted molar refractivity (Wildman–Crippen MR) is 81.5 cm³/mol. The monoisotopic (exact) mass is 367 g/mol. The van der Waals surface area contributed by atoms with Crippen LogP contribution in [0.5, 0.6) is 0 Å². The quantitative estimate of drug-likeness (QED) is 0.777. The second-order valence-electron chi connectivity index (χ2n) is 5.34. The second-order valence-corrected chi connectivity index (χ2v) is 7.93. The summed E-state index contributed by atoms with van der Waals surface area (Å²) in [4.78, 5) is 1.43. The molecule has 0 saturated heterocycles. The van der Waals surface area contributed by atoms with E-state index in [0.29, 0.717) is 4.47 Å². The fraction of sp³-hybridized carbons (Fsp3) is 0.500. The van der Waals surface area contributed by atoms with Gasteiger partial charge in [0.25, 0.3) is 0 Å². The van der Waals surface area contributed by atoms with Gasteiger partial charge in [0.1, 0.15) is 10.7 Å². The molecule has 20 heavy (non-hydrogen) atoms. The largest absolute Gasteiger partial charge is 0.398 e. The van der Waals surface area contributed by atoms with Crippen LogP contribution in [0.1, 0.15) is 13.8 Å². The first-order valence-electron chi connectivity index (χ1n) is 5.89. The molecule has 0 amide bonds. The topological polar surface area (TPSA) is 75.4 Å². The number of sulfonamides is 1. The van der Waals surface area contributed by atoms with Crippen LogP contribution in [-0.2, 0) is 10.0 Å². The summed E-state index contributed by atoms with van der Waals surface area (Å²) in [6, 6.07) is 2.14. The molecular formula is C12H19BrFN3O2S. The van der Waals surface area contributed by atoms with Gasteiger partial charge in [-0.05, 0) is 56.0 Å². The Labute approximate surface area is 127 Å². The Balaban J connectivity index is 3.04. The first-order valence-corrected chi connectivity index (χ1v) is 8.16. The summed E-state index contributed by atoms with van der Waals surface area (Å²) in [6.07, 6.45) is 0. The third-order valence-electron chi connectivity index (χ3n) is 3.25. The van der Waals surface area contributed by atoms with Gasteiger partial charge in [-0.1, -0.05) is 0 Å². The van der Waals surface area contributed by atoms with Crippen LogP contribution in [0.4, 0.5) is 10.1 Å². The molecule has 0 bridgehead atoms. The predicted octanol–water partition coefficient (Wildman–Crippen LogP) is 1.79. The van der Waals surface area contributed by atoms with Crippen molar-refractivity contribution in [1.82, 2.24) is 9.62 Å². The van der Waals surface area contributed by atoms with Crippen LogP contribution in [0.3, 0.4) is 0 Å². The molecule has 0 spiro atoms. The summed E-state index contributed by atoms with van der Waals surface area (Å²) >= 11 is 3.05. The van der Waals surface area contributed by atoms with Gasteiger partial charge in [0.05, 0.1) is 0 Å². The number of benzene rings is 1. The molecule has 0 unspecified atom stereocenters. The van der Waals surface area contributed by atoms with E-state index in [-0.39, 0.29) is 12.2 Å². The SMILES string of the molecule is CN(C)C(C)(C)CNS(=O)(=O)c1cc(N)c(Br)cc1F. The Kier molecular flexibility index (Phi) is 5.18. The third-order valence-corrected chi connectivity index (χ3v) is 5.35. The van der Waals surface area contributed by atoms with Crippen LogP contribution in [0, 0.1) is 5.82 Å². The van der Waals surface area contributed by atoms with Gasteiger partial charge < -0.3 is 10.6 Å². The van der Waals surface area contributed by atoms with Crippen molar-refractivity contribution in [3.8, 4) is 0 Å². The van der Waals surface area contributed by atoms with Crippen LogP contribution in [0.15, 0.2) is 21.5 Å². The average Bonchev–Trinajstić information content (AvgIpc) is 2.31. The van der Waals surface area contributed by atoms with Gasteiger partial charge in [-0.25, -0.2) is 17.5 Å². The number of nitrogens with one attached hydrogen (secondary N) is 1. The number of nitrogens with zero attached hydrogens (tertiary/aromatic N) is 1. The van der Waals surface area contributed by atoms with Crippen molar-refractivity contribution in [1.29, 1.82) is 0 Å². The summed E-state index contributed by atoms with van der Waals surface area (Å²) < 4.78 is 40.8. The fourth-order valence-corrected chi connectivity index (χ4v) is 2.87. The second kappa shape index (κ2) is 5.97. The average molecular weight is 368 g/mol. The molecule has 0 aliphatic carbocycles. The van der Waals surface area contributed by atoms with Gasteiger partial charge in [0.2, 0.25) is 10.0 Å². The number of anilines is 1. The summed E-state index contributed by atoms with van der Waals surface area (Å²) in [7, 11) is -0.270. The molecule has 0 aliphatic rings. The number of nitrogens with two attached hydrogens (primary N) is 1. The highest BCUT2D eigenvalue weighted by molar-refractivity contribution is 9.10. The van der Waals surface area contributed by atoms with Crippen LogP contribution < -0.4 is 10.5 Å². The highest BCUT2D eigenvalue weighted by Gasteiger charge is 2.26. The molecule has 1 rings (SSSR count). The maximum atomic E-state index is 13.8. The van der Waals surface area contributed by atoms with Crippen molar-refractivity contribution in [3.05, 3.63) is 22.4 Å². The van der Waals surface area contributed by atoms with E-state index in [1.54, 1.807) is 0 Å². The lowest BCUT2D eigenvalue weighted by atomic mass is 10.1. The number of hydrogen-bond acceptors (Lipinski definition) is 4. The highest BCUT2D eigenvalue weighted by Crippen LogP contribution is 2.26. The van der Waals surface area contributed by atoms with Crippen molar-refractivity contribution in [2.45, 2.75) is 24.3 Å². The normalized spacial score (nSPS) is 12.9. The van der Waals surface area contributed by atoms with E-state index in [9.17, 15) is 12.8 Å². The lowest BCUT2D eigenvalue weighted by molar-refractivity contribution is 0.199. The maximum absolute atomic E-state index is 13.8. The third kappa shape index (κ3) is 3.91. The standard InChI is InChI=1S/C12H19BrFN3O2S/c1-12(2,17(3)4)7-16-20(18,19)11-6-10(15)8(13)5-9(11)14/h5-6,16H,7,15H2,1-4H3. The fourth-order valence-electron chi connectivity index (χ4n) is 1.26. The Morgan fingerprint density at radius 1 is 1.40 bits per heavy atom. The number of hydrogen-bond donors (Lipinski definition) is 2. The van der Waals surface area contributed by atoms with Crippen LogP contribution >= 0.6 is 15.9 Å². The zero-order valence-corrected chi connectivity index (χ0v) is 14.3. The molecule has 0 aliphatic heterocycles. The van der Waals surface area contributed by atoms with Crippen molar-refractivity contribution in [3.63, 3.8) is 0 Å². The molecule has 0 heterocycles. The van der Waals surface area contributed by atoms with Crippen molar-refractivity contribution >= 4 is 31.6 Å². The Bertz CT molecular complexity index is 603. The summed E-state index contributed by atoms with van der Waals surface area (Å²) in [6.45, 7) is 3.90. The molecule has 8 heteroatoms. The summed E-state index contributed by atoms with van der Waals surface area (Å²) in [5.41, 5.74) is 5.37. The molecule has 3 N–H and O–H groups in total. The van der Waals surface area contributed by atoms with E-state index in [1.165, 1.54) is 0 Å². The summed E-state index contributed by atoms with van der Waals surface area (Å²) in [5, 5.41) is 0.